The fraction of sp³-hybridized carbons (Fsp3) is 1.00. The second kappa shape index (κ2) is 3.90. The zero-order valence-electron chi connectivity index (χ0n) is 7.08. The highest BCUT2D eigenvalue weighted by molar-refractivity contribution is 7.79. The van der Waals surface area contributed by atoms with Gasteiger partial charge in [-0.3, -0.25) is 0 Å². The molecule has 4 nitrogen and oxygen atoms in total. The highest BCUT2D eigenvalue weighted by atomic mass is 32.2. The van der Waals surface area contributed by atoms with Gasteiger partial charge < -0.3 is 4.55 Å². The Morgan fingerprint density at radius 2 is 1.20 bits per heavy atom. The molecule has 0 heterocycles. The second-order valence-corrected chi connectivity index (χ2v) is 4.27. The molecule has 0 aliphatic carbocycles. The van der Waals surface area contributed by atoms with Gasteiger partial charge in [-0.15, -0.1) is 0 Å². The van der Waals surface area contributed by atoms with E-state index >= 15 is 0 Å². The molecule has 5 heteroatoms. The Labute approximate surface area is 62.9 Å². The zero-order valence-corrected chi connectivity index (χ0v) is 7.90. The van der Waals surface area contributed by atoms with Gasteiger partial charge >= 0.3 is 0 Å². The van der Waals surface area contributed by atoms with Crippen LogP contribution in [0, 0.1) is 0 Å². The molecule has 0 aliphatic heterocycles. The topological polar surface area (TPSA) is 57.2 Å². The monoisotopic (exact) mass is 169 g/mol. The third-order valence-electron chi connectivity index (χ3n) is 0.671. The van der Waals surface area contributed by atoms with Crippen LogP contribution in [0.25, 0.3) is 0 Å². The van der Waals surface area contributed by atoms with Crippen molar-refractivity contribution in [1.29, 1.82) is 0 Å². The minimum atomic E-state index is -4.15. The number of nitrogens with zero attached hydrogens (tertiary/aromatic N) is 1. The fourth-order valence-electron chi connectivity index (χ4n) is 0. The van der Waals surface area contributed by atoms with Crippen molar-refractivity contribution >= 4 is 10.3 Å². The molecule has 0 aromatic carbocycles. The first-order valence-corrected chi connectivity index (χ1v) is 4.39. The molecule has 0 bridgehead atoms. The van der Waals surface area contributed by atoms with Gasteiger partial charge in [-0.1, -0.05) is 13.8 Å². The normalized spacial score (nSPS) is 11.8. The first-order valence-electron chi connectivity index (χ1n) is 3.02. The Bertz CT molecular complexity index is 166. The van der Waals surface area contributed by atoms with E-state index in [9.17, 15) is 13.0 Å². The van der Waals surface area contributed by atoms with E-state index in [4.69, 9.17) is 0 Å². The van der Waals surface area contributed by atoms with Crippen molar-refractivity contribution in [1.82, 2.24) is 0 Å². The van der Waals surface area contributed by atoms with Crippen molar-refractivity contribution in [3.63, 3.8) is 0 Å². The molecule has 0 rings (SSSR count). The van der Waals surface area contributed by atoms with Crippen molar-refractivity contribution < 1.29 is 16.9 Å². The molecule has 0 aromatic heterocycles. The minimum Gasteiger partial charge on any atom is -0.702 e. The van der Waals surface area contributed by atoms with E-state index in [1.807, 2.05) is 13.8 Å². The SMILES string of the molecule is CC.C[N+](C)(C)S(=O)(=O)[O-]. The molecule has 0 saturated carbocycles. The van der Waals surface area contributed by atoms with Crippen LogP contribution in [0.15, 0.2) is 0 Å². The molecule has 0 amide bonds. The predicted molar refractivity (Wildman–Crippen MR) is 39.1 cm³/mol. The van der Waals surface area contributed by atoms with Gasteiger partial charge in [0.25, 0.3) is 10.3 Å². The van der Waals surface area contributed by atoms with Crippen LogP contribution in [-0.4, -0.2) is 38.0 Å². The third-order valence-corrected chi connectivity index (χ3v) is 2.01. The summed E-state index contributed by atoms with van der Waals surface area (Å²) in [6.07, 6.45) is 0. The Morgan fingerprint density at radius 3 is 1.20 bits per heavy atom. The van der Waals surface area contributed by atoms with Crippen LogP contribution >= 0.6 is 0 Å². The molecular weight excluding hydrogens is 154 g/mol. The summed E-state index contributed by atoms with van der Waals surface area (Å²) in [7, 11) is -0.229. The molecule has 64 valence electrons. The zero-order chi connectivity index (χ0) is 9.00. The maximum atomic E-state index is 10.1. The van der Waals surface area contributed by atoms with Crippen LogP contribution in [0.4, 0.5) is 0 Å². The Morgan fingerprint density at radius 1 is 1.10 bits per heavy atom. The lowest BCUT2D eigenvalue weighted by Gasteiger charge is -2.25. The molecule has 0 saturated heterocycles. The smallest absolute Gasteiger partial charge is 0.253 e. The molecule has 0 aliphatic rings. The van der Waals surface area contributed by atoms with Crippen LogP contribution in [0.3, 0.4) is 0 Å². The molecule has 0 fully saturated rings. The summed E-state index contributed by atoms with van der Waals surface area (Å²) in [5.74, 6) is 0. The lowest BCUT2D eigenvalue weighted by Crippen LogP contribution is -2.40. The molecule has 0 atom stereocenters. The summed E-state index contributed by atoms with van der Waals surface area (Å²) in [5.41, 5.74) is 0. The molecule has 10 heavy (non-hydrogen) atoms. The predicted octanol–water partition coefficient (Wildman–Crippen LogP) is 0.179. The maximum Gasteiger partial charge on any atom is 0.253 e. The van der Waals surface area contributed by atoms with Gasteiger partial charge in [0.15, 0.2) is 0 Å². The van der Waals surface area contributed by atoms with Crippen molar-refractivity contribution in [2.75, 3.05) is 21.1 Å². The van der Waals surface area contributed by atoms with E-state index in [-0.39, 0.29) is 0 Å². The van der Waals surface area contributed by atoms with Crippen molar-refractivity contribution in [3.05, 3.63) is 0 Å². The van der Waals surface area contributed by atoms with Crippen molar-refractivity contribution in [2.45, 2.75) is 13.8 Å². The fourth-order valence-corrected chi connectivity index (χ4v) is 0. The molecule has 0 unspecified atom stereocenters. The number of rotatable bonds is 1. The quantitative estimate of drug-likeness (QED) is 0.415. The summed E-state index contributed by atoms with van der Waals surface area (Å²) < 4.78 is 29.6. The van der Waals surface area contributed by atoms with Gasteiger partial charge in [0.2, 0.25) is 0 Å². The van der Waals surface area contributed by atoms with Crippen molar-refractivity contribution in [2.24, 2.45) is 0 Å². The van der Waals surface area contributed by atoms with E-state index in [1.165, 1.54) is 21.1 Å². The summed E-state index contributed by atoms with van der Waals surface area (Å²) in [6, 6.07) is 0. The Kier molecular flexibility index (Phi) is 4.89. The first-order chi connectivity index (χ1) is 4.25. The number of hydrogen-bond donors (Lipinski definition) is 0. The van der Waals surface area contributed by atoms with Crippen LogP contribution in [-0.2, 0) is 10.3 Å². The highest BCUT2D eigenvalue weighted by Gasteiger charge is 2.14. The van der Waals surface area contributed by atoms with E-state index in [0.29, 0.717) is 0 Å². The lowest BCUT2D eigenvalue weighted by molar-refractivity contribution is -0.744. The molecule has 0 aromatic rings. The molecule has 0 N–H and O–H groups in total. The Balaban J connectivity index is 0. The van der Waals surface area contributed by atoms with Crippen LogP contribution in [0.5, 0.6) is 0 Å². The molecule has 0 spiro atoms. The summed E-state index contributed by atoms with van der Waals surface area (Å²) in [6.45, 7) is 4.00. The van der Waals surface area contributed by atoms with Crippen molar-refractivity contribution in [3.8, 4) is 0 Å². The van der Waals surface area contributed by atoms with Gasteiger partial charge in [0, 0.05) is 0 Å². The minimum absolute atomic E-state index is 0.562. The van der Waals surface area contributed by atoms with E-state index in [0.717, 1.165) is 0 Å². The largest absolute Gasteiger partial charge is 0.702 e. The maximum absolute atomic E-state index is 10.1. The first kappa shape index (κ1) is 12.5. The van der Waals surface area contributed by atoms with Crippen LogP contribution < -0.4 is 0 Å². The standard InChI is InChI=1S/C3H9NO3S.C2H6/c1-4(2,3)8(5,6)7;1-2/h1-3H3;1-2H3. The van der Waals surface area contributed by atoms with Gasteiger partial charge in [-0.2, -0.15) is 8.42 Å². The van der Waals surface area contributed by atoms with Crippen LogP contribution in [0.2, 0.25) is 0 Å². The number of quaternary nitrogens is 1. The van der Waals surface area contributed by atoms with E-state index in [2.05, 4.69) is 0 Å². The third kappa shape index (κ3) is 4.72. The average Bonchev–Trinajstić information content (AvgIpc) is 1.66. The van der Waals surface area contributed by atoms with Gasteiger partial charge in [-0.05, 0) is 0 Å². The van der Waals surface area contributed by atoms with Gasteiger partial charge in [0.05, 0.1) is 21.1 Å². The van der Waals surface area contributed by atoms with E-state index in [1.54, 1.807) is 0 Å². The number of hydrogen-bond acceptors (Lipinski definition) is 3. The molecule has 0 radical (unpaired) electrons. The highest BCUT2D eigenvalue weighted by Crippen LogP contribution is 1.96. The molecular formula is C5H15NO3S. The summed E-state index contributed by atoms with van der Waals surface area (Å²) in [5, 5.41) is 0. The van der Waals surface area contributed by atoms with Gasteiger partial charge in [0.1, 0.15) is 0 Å². The summed E-state index contributed by atoms with van der Waals surface area (Å²) >= 11 is 0. The van der Waals surface area contributed by atoms with Crippen LogP contribution in [0.1, 0.15) is 13.8 Å². The average molecular weight is 169 g/mol. The second-order valence-electron chi connectivity index (χ2n) is 2.32. The van der Waals surface area contributed by atoms with E-state index < -0.39 is 14.2 Å². The van der Waals surface area contributed by atoms with Gasteiger partial charge in [-0.25, -0.2) is 3.89 Å². The summed E-state index contributed by atoms with van der Waals surface area (Å²) in [4.78, 5) is 0. The lowest BCUT2D eigenvalue weighted by atomic mass is 11.0. The Hall–Kier alpha value is -0.130.